The highest BCUT2D eigenvalue weighted by Crippen LogP contribution is 2.23. The van der Waals surface area contributed by atoms with Gasteiger partial charge in [0.15, 0.2) is 0 Å². The summed E-state index contributed by atoms with van der Waals surface area (Å²) in [7, 11) is 0. The molecule has 1 N–H and O–H groups in total. The fourth-order valence-electron chi connectivity index (χ4n) is 2.61. The van der Waals surface area contributed by atoms with Crippen molar-refractivity contribution in [2.45, 2.75) is 25.9 Å². The number of nitrogens with one attached hydrogen (secondary N) is 1. The van der Waals surface area contributed by atoms with Crippen LogP contribution >= 0.6 is 23.7 Å². The number of carbonyl (C=O) groups excluding carboxylic acids is 1. The Labute approximate surface area is 129 Å². The minimum Gasteiger partial charge on any atom is -0.333 e. The molecule has 0 saturated carbocycles. The Bertz CT molecular complexity index is 613. The van der Waals surface area contributed by atoms with Crippen LogP contribution in [0.5, 0.6) is 0 Å². The zero-order valence-corrected chi connectivity index (χ0v) is 13.3. The van der Waals surface area contributed by atoms with E-state index in [1.165, 1.54) is 4.70 Å². The Morgan fingerprint density at radius 3 is 2.95 bits per heavy atom. The number of halogens is 1. The summed E-state index contributed by atoms with van der Waals surface area (Å²) in [6.45, 7) is 5.90. The van der Waals surface area contributed by atoms with Crippen molar-refractivity contribution in [3.8, 4) is 0 Å². The molecule has 108 valence electrons. The van der Waals surface area contributed by atoms with Crippen molar-refractivity contribution < 1.29 is 4.79 Å². The molecular weight excluding hydrogens is 292 g/mol. The smallest absolute Gasteiger partial charge is 0.254 e. The van der Waals surface area contributed by atoms with Crippen LogP contribution in [0.15, 0.2) is 29.6 Å². The quantitative estimate of drug-likeness (QED) is 0.877. The molecule has 2 unspecified atom stereocenters. The normalized spacial score (nSPS) is 22.6. The Morgan fingerprint density at radius 2 is 2.15 bits per heavy atom. The van der Waals surface area contributed by atoms with E-state index < -0.39 is 0 Å². The highest BCUT2D eigenvalue weighted by atomic mass is 35.5. The number of rotatable bonds is 1. The minimum absolute atomic E-state index is 0. The number of fused-ring (bicyclic) bond motifs is 1. The summed E-state index contributed by atoms with van der Waals surface area (Å²) in [4.78, 5) is 14.6. The molecule has 1 saturated heterocycles. The van der Waals surface area contributed by atoms with Gasteiger partial charge in [-0.05, 0) is 48.9 Å². The van der Waals surface area contributed by atoms with Crippen molar-refractivity contribution in [2.75, 3.05) is 13.1 Å². The maximum Gasteiger partial charge on any atom is 0.254 e. The third-order valence-corrected chi connectivity index (χ3v) is 4.89. The van der Waals surface area contributed by atoms with Gasteiger partial charge >= 0.3 is 0 Å². The highest BCUT2D eigenvalue weighted by Gasteiger charge is 2.28. The van der Waals surface area contributed by atoms with Crippen LogP contribution in [-0.4, -0.2) is 36.0 Å². The first-order chi connectivity index (χ1) is 9.16. The second-order valence-corrected chi connectivity index (χ2v) is 6.10. The first kappa shape index (κ1) is 15.3. The molecule has 2 atom stereocenters. The van der Waals surface area contributed by atoms with E-state index in [2.05, 4.69) is 30.6 Å². The Kier molecular flexibility index (Phi) is 4.68. The summed E-state index contributed by atoms with van der Waals surface area (Å²) in [6.07, 6.45) is 0. The molecule has 0 spiro atoms. The van der Waals surface area contributed by atoms with Crippen molar-refractivity contribution in [1.82, 2.24) is 10.2 Å². The molecule has 3 rings (SSSR count). The van der Waals surface area contributed by atoms with Crippen LogP contribution in [0, 0.1) is 0 Å². The predicted octanol–water partition coefficient (Wildman–Crippen LogP) is 3.15. The molecule has 1 aliphatic heterocycles. The summed E-state index contributed by atoms with van der Waals surface area (Å²) >= 11 is 1.71. The van der Waals surface area contributed by atoms with Gasteiger partial charge in [-0.3, -0.25) is 4.79 Å². The second kappa shape index (κ2) is 6.12. The summed E-state index contributed by atoms with van der Waals surface area (Å²) in [6, 6.07) is 8.65. The van der Waals surface area contributed by atoms with Gasteiger partial charge in [0.05, 0.1) is 0 Å². The molecule has 0 radical (unpaired) electrons. The topological polar surface area (TPSA) is 32.3 Å². The van der Waals surface area contributed by atoms with E-state index in [1.54, 1.807) is 11.3 Å². The molecule has 0 bridgehead atoms. The number of hydrogen-bond donors (Lipinski definition) is 1. The van der Waals surface area contributed by atoms with Crippen molar-refractivity contribution in [2.24, 2.45) is 0 Å². The van der Waals surface area contributed by atoms with Gasteiger partial charge in [-0.2, -0.15) is 0 Å². The fraction of sp³-hybridized carbons (Fsp3) is 0.400. The average Bonchev–Trinajstić information content (AvgIpc) is 2.88. The predicted molar refractivity (Wildman–Crippen MR) is 87.0 cm³/mol. The van der Waals surface area contributed by atoms with Crippen molar-refractivity contribution in [1.29, 1.82) is 0 Å². The van der Waals surface area contributed by atoms with Gasteiger partial charge in [0, 0.05) is 35.4 Å². The zero-order chi connectivity index (χ0) is 13.4. The maximum absolute atomic E-state index is 12.6. The van der Waals surface area contributed by atoms with Crippen molar-refractivity contribution in [3.63, 3.8) is 0 Å². The molecule has 1 aromatic heterocycles. The van der Waals surface area contributed by atoms with Gasteiger partial charge in [-0.1, -0.05) is 0 Å². The molecule has 5 heteroatoms. The number of carbonyl (C=O) groups is 1. The van der Waals surface area contributed by atoms with E-state index in [1.807, 2.05) is 23.1 Å². The second-order valence-electron chi connectivity index (χ2n) is 5.16. The van der Waals surface area contributed by atoms with Crippen LogP contribution in [0.2, 0.25) is 0 Å². The Balaban J connectivity index is 0.00000147. The third-order valence-electron chi connectivity index (χ3n) is 3.99. The van der Waals surface area contributed by atoms with Gasteiger partial charge in [0.2, 0.25) is 0 Å². The molecule has 2 aromatic rings. The zero-order valence-electron chi connectivity index (χ0n) is 11.6. The van der Waals surface area contributed by atoms with Crippen LogP contribution in [0.4, 0.5) is 0 Å². The Morgan fingerprint density at radius 1 is 1.35 bits per heavy atom. The molecule has 20 heavy (non-hydrogen) atoms. The van der Waals surface area contributed by atoms with Crippen molar-refractivity contribution in [3.05, 3.63) is 35.2 Å². The largest absolute Gasteiger partial charge is 0.333 e. The molecule has 0 aliphatic carbocycles. The average molecular weight is 311 g/mol. The lowest BCUT2D eigenvalue weighted by Crippen LogP contribution is -2.57. The van der Waals surface area contributed by atoms with Crippen LogP contribution in [-0.2, 0) is 0 Å². The van der Waals surface area contributed by atoms with Crippen LogP contribution in [0.1, 0.15) is 24.2 Å². The molecule has 1 aromatic carbocycles. The van der Waals surface area contributed by atoms with Crippen LogP contribution in [0.25, 0.3) is 10.1 Å². The monoisotopic (exact) mass is 310 g/mol. The molecule has 2 heterocycles. The number of amides is 1. The van der Waals surface area contributed by atoms with Gasteiger partial charge < -0.3 is 10.2 Å². The van der Waals surface area contributed by atoms with Crippen LogP contribution in [0.3, 0.4) is 0 Å². The fourth-order valence-corrected chi connectivity index (χ4v) is 3.38. The highest BCUT2D eigenvalue weighted by molar-refractivity contribution is 7.17. The van der Waals surface area contributed by atoms with Crippen molar-refractivity contribution >= 4 is 39.7 Å². The van der Waals surface area contributed by atoms with Gasteiger partial charge in [-0.25, -0.2) is 0 Å². The SMILES string of the molecule is CC1NCCN(C(=O)c2ccc3sccc3c2)C1C.Cl. The molecule has 1 amide bonds. The first-order valence-corrected chi connectivity index (χ1v) is 7.56. The molecule has 1 fully saturated rings. The lowest BCUT2D eigenvalue weighted by atomic mass is 10.0. The van der Waals surface area contributed by atoms with E-state index in [9.17, 15) is 4.79 Å². The molecule has 3 nitrogen and oxygen atoms in total. The number of thiophene rings is 1. The van der Waals surface area contributed by atoms with E-state index in [4.69, 9.17) is 0 Å². The standard InChI is InChI=1S/C15H18N2OS.ClH/c1-10-11(2)17(7-6-16-10)15(18)13-3-4-14-12(9-13)5-8-19-14;/h3-5,8-11,16H,6-7H2,1-2H3;1H. The van der Waals surface area contributed by atoms with E-state index in [0.29, 0.717) is 6.04 Å². The summed E-state index contributed by atoms with van der Waals surface area (Å²) in [5, 5.41) is 6.62. The first-order valence-electron chi connectivity index (χ1n) is 6.68. The third kappa shape index (κ3) is 2.68. The Hall–Kier alpha value is -1.10. The summed E-state index contributed by atoms with van der Waals surface area (Å²) in [5.74, 6) is 0.147. The number of hydrogen-bond acceptors (Lipinski definition) is 3. The van der Waals surface area contributed by atoms with E-state index >= 15 is 0 Å². The molecular formula is C15H19ClN2OS. The number of nitrogens with zero attached hydrogens (tertiary/aromatic N) is 1. The van der Waals surface area contributed by atoms with E-state index in [0.717, 1.165) is 24.0 Å². The number of benzene rings is 1. The van der Waals surface area contributed by atoms with Gasteiger partial charge in [0.25, 0.3) is 5.91 Å². The maximum atomic E-state index is 12.6. The summed E-state index contributed by atoms with van der Waals surface area (Å²) in [5.41, 5.74) is 0.798. The lowest BCUT2D eigenvalue weighted by molar-refractivity contribution is 0.0603. The lowest BCUT2D eigenvalue weighted by Gasteiger charge is -2.38. The van der Waals surface area contributed by atoms with E-state index in [-0.39, 0.29) is 24.4 Å². The van der Waals surface area contributed by atoms with Gasteiger partial charge in [0.1, 0.15) is 0 Å². The number of piperazine rings is 1. The summed E-state index contributed by atoms with van der Waals surface area (Å²) < 4.78 is 1.23. The van der Waals surface area contributed by atoms with Crippen LogP contribution < -0.4 is 5.32 Å². The molecule has 1 aliphatic rings. The van der Waals surface area contributed by atoms with Gasteiger partial charge in [-0.15, -0.1) is 23.7 Å². The minimum atomic E-state index is 0.